The Bertz CT molecular complexity index is 1440. The SMILES string of the molecule is C=CC(=O)Nc1cccc(Oc2cnc3[nH]cc(-c4ccc5ncccc5c4)c3c2)c1. The molecule has 0 aliphatic heterocycles. The number of fused-ring (bicyclic) bond motifs is 2. The maximum absolute atomic E-state index is 11.5. The maximum Gasteiger partial charge on any atom is 0.247 e. The van der Waals surface area contributed by atoms with Crippen LogP contribution in [-0.2, 0) is 4.79 Å². The number of anilines is 1. The van der Waals surface area contributed by atoms with Crippen LogP contribution in [-0.4, -0.2) is 20.9 Å². The van der Waals surface area contributed by atoms with Crippen LogP contribution in [0.5, 0.6) is 11.5 Å². The molecule has 0 saturated heterocycles. The fourth-order valence-electron chi connectivity index (χ4n) is 3.49. The van der Waals surface area contributed by atoms with E-state index >= 15 is 0 Å². The highest BCUT2D eigenvalue weighted by atomic mass is 16.5. The van der Waals surface area contributed by atoms with Gasteiger partial charge in [-0.05, 0) is 48.0 Å². The number of aromatic nitrogens is 3. The molecule has 0 radical (unpaired) electrons. The number of nitrogens with zero attached hydrogens (tertiary/aromatic N) is 2. The summed E-state index contributed by atoms with van der Waals surface area (Å²) in [7, 11) is 0. The lowest BCUT2D eigenvalue weighted by Crippen LogP contribution is -2.06. The number of hydrogen-bond acceptors (Lipinski definition) is 4. The zero-order chi connectivity index (χ0) is 21.2. The Kier molecular flexibility index (Phi) is 4.65. The molecule has 1 amide bonds. The van der Waals surface area contributed by atoms with E-state index in [4.69, 9.17) is 4.74 Å². The van der Waals surface area contributed by atoms with Crippen molar-refractivity contribution in [3.63, 3.8) is 0 Å². The van der Waals surface area contributed by atoms with Crippen molar-refractivity contribution in [2.75, 3.05) is 5.32 Å². The van der Waals surface area contributed by atoms with E-state index in [0.29, 0.717) is 17.2 Å². The molecule has 0 spiro atoms. The van der Waals surface area contributed by atoms with Crippen LogP contribution in [0, 0.1) is 0 Å². The second kappa shape index (κ2) is 7.76. The van der Waals surface area contributed by atoms with Gasteiger partial charge in [-0.15, -0.1) is 0 Å². The van der Waals surface area contributed by atoms with Gasteiger partial charge in [-0.2, -0.15) is 0 Å². The van der Waals surface area contributed by atoms with Crippen molar-refractivity contribution in [2.45, 2.75) is 0 Å². The molecule has 31 heavy (non-hydrogen) atoms. The van der Waals surface area contributed by atoms with E-state index in [1.807, 2.05) is 42.6 Å². The van der Waals surface area contributed by atoms with Crippen molar-refractivity contribution in [3.05, 3.63) is 91.9 Å². The Balaban J connectivity index is 1.48. The molecule has 0 bridgehead atoms. The maximum atomic E-state index is 11.5. The van der Waals surface area contributed by atoms with Gasteiger partial charge in [-0.3, -0.25) is 9.78 Å². The predicted octanol–water partition coefficient (Wildman–Crippen LogP) is 5.69. The lowest BCUT2D eigenvalue weighted by atomic mass is 10.0. The Morgan fingerprint density at radius 2 is 1.97 bits per heavy atom. The van der Waals surface area contributed by atoms with Crippen LogP contribution in [0.3, 0.4) is 0 Å². The van der Waals surface area contributed by atoms with Crippen molar-refractivity contribution in [3.8, 4) is 22.6 Å². The number of ether oxygens (including phenoxy) is 1. The smallest absolute Gasteiger partial charge is 0.247 e. The van der Waals surface area contributed by atoms with Gasteiger partial charge in [0.25, 0.3) is 0 Å². The first-order valence-corrected chi connectivity index (χ1v) is 9.73. The van der Waals surface area contributed by atoms with Crippen molar-refractivity contribution in [1.29, 1.82) is 0 Å². The number of carbonyl (C=O) groups is 1. The Morgan fingerprint density at radius 1 is 1.03 bits per heavy atom. The summed E-state index contributed by atoms with van der Waals surface area (Å²) in [5.74, 6) is 0.919. The molecule has 0 aliphatic carbocycles. The second-order valence-corrected chi connectivity index (χ2v) is 7.00. The van der Waals surface area contributed by atoms with Gasteiger partial charge in [0.05, 0.1) is 11.7 Å². The molecule has 0 aliphatic rings. The number of H-pyrrole nitrogens is 1. The van der Waals surface area contributed by atoms with Gasteiger partial charge in [-0.25, -0.2) is 4.98 Å². The normalized spacial score (nSPS) is 10.8. The quantitative estimate of drug-likeness (QED) is 0.367. The summed E-state index contributed by atoms with van der Waals surface area (Å²) >= 11 is 0. The number of pyridine rings is 2. The largest absolute Gasteiger partial charge is 0.456 e. The third kappa shape index (κ3) is 3.74. The first kappa shape index (κ1) is 18.6. The average Bonchev–Trinajstić information content (AvgIpc) is 3.22. The molecule has 5 rings (SSSR count). The van der Waals surface area contributed by atoms with Gasteiger partial charge in [0.2, 0.25) is 5.91 Å². The van der Waals surface area contributed by atoms with E-state index in [0.717, 1.165) is 33.1 Å². The summed E-state index contributed by atoms with van der Waals surface area (Å²) in [5.41, 5.74) is 4.46. The lowest BCUT2D eigenvalue weighted by molar-refractivity contribution is -0.111. The third-order valence-corrected chi connectivity index (χ3v) is 4.94. The molecule has 0 fully saturated rings. The summed E-state index contributed by atoms with van der Waals surface area (Å²) < 4.78 is 6.01. The molecule has 2 aromatic carbocycles. The molecule has 0 unspecified atom stereocenters. The van der Waals surface area contributed by atoms with Gasteiger partial charge in [-0.1, -0.05) is 24.8 Å². The van der Waals surface area contributed by atoms with Gasteiger partial charge >= 0.3 is 0 Å². The van der Waals surface area contributed by atoms with Gasteiger partial charge in [0, 0.05) is 40.5 Å². The van der Waals surface area contributed by atoms with Crippen LogP contribution in [0.15, 0.2) is 91.9 Å². The fraction of sp³-hybridized carbons (Fsp3) is 0. The number of carbonyl (C=O) groups excluding carboxylic acids is 1. The Morgan fingerprint density at radius 3 is 2.87 bits per heavy atom. The van der Waals surface area contributed by atoms with Gasteiger partial charge in [0.15, 0.2) is 0 Å². The van der Waals surface area contributed by atoms with Gasteiger partial charge in [0.1, 0.15) is 17.1 Å². The number of aromatic amines is 1. The van der Waals surface area contributed by atoms with Crippen LogP contribution < -0.4 is 10.1 Å². The van der Waals surface area contributed by atoms with E-state index in [1.54, 1.807) is 24.5 Å². The summed E-state index contributed by atoms with van der Waals surface area (Å²) in [4.78, 5) is 23.6. The first-order valence-electron chi connectivity index (χ1n) is 9.73. The summed E-state index contributed by atoms with van der Waals surface area (Å²) in [5, 5.41) is 4.76. The minimum atomic E-state index is -0.275. The molecule has 3 heterocycles. The standard InChI is InChI=1S/C25H18N4O2/c1-2-24(30)29-18-6-3-7-19(12-18)31-20-13-21-22(15-28-25(21)27-14-20)16-8-9-23-17(11-16)5-4-10-26-23/h2-15H,1H2,(H,27,28)(H,29,30). The summed E-state index contributed by atoms with van der Waals surface area (Å²) in [6, 6.07) is 19.3. The number of benzene rings is 2. The van der Waals surface area contributed by atoms with Crippen LogP contribution in [0.1, 0.15) is 0 Å². The molecule has 0 saturated carbocycles. The summed E-state index contributed by atoms with van der Waals surface area (Å²) in [6.45, 7) is 3.46. The minimum absolute atomic E-state index is 0.275. The molecular formula is C25H18N4O2. The third-order valence-electron chi connectivity index (χ3n) is 4.94. The fourth-order valence-corrected chi connectivity index (χ4v) is 3.49. The summed E-state index contributed by atoms with van der Waals surface area (Å²) in [6.07, 6.45) is 6.63. The number of hydrogen-bond donors (Lipinski definition) is 2. The highest BCUT2D eigenvalue weighted by molar-refractivity contribution is 5.99. The molecule has 5 aromatic rings. The minimum Gasteiger partial charge on any atom is -0.456 e. The zero-order valence-electron chi connectivity index (χ0n) is 16.5. The van der Waals surface area contributed by atoms with Crippen LogP contribution in [0.4, 0.5) is 5.69 Å². The molecule has 6 nitrogen and oxygen atoms in total. The first-order chi connectivity index (χ1) is 15.2. The van der Waals surface area contributed by atoms with E-state index in [1.165, 1.54) is 6.08 Å². The Hall–Kier alpha value is -4.45. The van der Waals surface area contributed by atoms with Crippen LogP contribution >= 0.6 is 0 Å². The van der Waals surface area contributed by atoms with Crippen LogP contribution in [0.2, 0.25) is 0 Å². The second-order valence-electron chi connectivity index (χ2n) is 7.00. The molecule has 150 valence electrons. The zero-order valence-corrected chi connectivity index (χ0v) is 16.5. The van der Waals surface area contributed by atoms with Crippen molar-refractivity contribution >= 4 is 33.5 Å². The number of nitrogens with one attached hydrogen (secondary N) is 2. The number of amides is 1. The monoisotopic (exact) mass is 406 g/mol. The molecular weight excluding hydrogens is 388 g/mol. The number of rotatable bonds is 5. The van der Waals surface area contributed by atoms with Gasteiger partial charge < -0.3 is 15.0 Å². The molecule has 0 atom stereocenters. The van der Waals surface area contributed by atoms with Crippen molar-refractivity contribution in [1.82, 2.24) is 15.0 Å². The Labute approximate surface area is 178 Å². The van der Waals surface area contributed by atoms with E-state index < -0.39 is 0 Å². The van der Waals surface area contributed by atoms with E-state index in [-0.39, 0.29) is 5.91 Å². The van der Waals surface area contributed by atoms with Crippen LogP contribution in [0.25, 0.3) is 33.1 Å². The molecule has 3 aromatic heterocycles. The highest BCUT2D eigenvalue weighted by Gasteiger charge is 2.10. The van der Waals surface area contributed by atoms with E-state index in [9.17, 15) is 4.79 Å². The molecule has 2 N–H and O–H groups in total. The topological polar surface area (TPSA) is 79.9 Å². The molecule has 6 heteroatoms. The van der Waals surface area contributed by atoms with E-state index in [2.05, 4.69) is 39.0 Å². The average molecular weight is 406 g/mol. The van der Waals surface area contributed by atoms with Crippen molar-refractivity contribution < 1.29 is 9.53 Å². The highest BCUT2D eigenvalue weighted by Crippen LogP contribution is 2.33. The predicted molar refractivity (Wildman–Crippen MR) is 122 cm³/mol. The van der Waals surface area contributed by atoms with Crippen molar-refractivity contribution in [2.24, 2.45) is 0 Å². The lowest BCUT2D eigenvalue weighted by Gasteiger charge is -2.08.